The zero-order chi connectivity index (χ0) is 25.7. The lowest BCUT2D eigenvalue weighted by Gasteiger charge is -2.14. The van der Waals surface area contributed by atoms with Crippen LogP contribution in [0.4, 0.5) is 4.39 Å². The highest BCUT2D eigenvalue weighted by molar-refractivity contribution is 5.81. The van der Waals surface area contributed by atoms with E-state index in [2.05, 4.69) is 10.5 Å². The molecule has 0 aromatic heterocycles. The Labute approximate surface area is 215 Å². The van der Waals surface area contributed by atoms with Gasteiger partial charge in [0.1, 0.15) is 19.0 Å². The van der Waals surface area contributed by atoms with Crippen LogP contribution in [0.25, 0.3) is 0 Å². The summed E-state index contributed by atoms with van der Waals surface area (Å²) < 4.78 is 25.1. The van der Waals surface area contributed by atoms with Crippen LogP contribution in [-0.2, 0) is 29.4 Å². The molecule has 4 aromatic rings. The Balaban J connectivity index is 1.33. The van der Waals surface area contributed by atoms with Crippen molar-refractivity contribution in [3.63, 3.8) is 0 Å². The monoisotopic (exact) mass is 498 g/mol. The minimum absolute atomic E-state index is 0.243. The maximum absolute atomic E-state index is 13.0. The average Bonchev–Trinajstić information content (AvgIpc) is 2.94. The zero-order valence-electron chi connectivity index (χ0n) is 20.2. The molecule has 188 valence electrons. The highest BCUT2D eigenvalue weighted by atomic mass is 19.1. The molecule has 6 nitrogen and oxygen atoms in total. The first kappa shape index (κ1) is 25.4. The molecule has 0 spiro atoms. The maximum Gasteiger partial charge on any atom is 0.261 e. The van der Waals surface area contributed by atoms with Crippen LogP contribution in [0.15, 0.2) is 108 Å². The lowest BCUT2D eigenvalue weighted by atomic mass is 10.2. The highest BCUT2D eigenvalue weighted by Gasteiger charge is 2.08. The van der Waals surface area contributed by atoms with Crippen LogP contribution >= 0.6 is 0 Å². The number of nitrogens with one attached hydrogen (secondary N) is 1. The van der Waals surface area contributed by atoms with Crippen molar-refractivity contribution in [2.75, 3.05) is 6.61 Å². The van der Waals surface area contributed by atoms with Gasteiger partial charge in [-0.1, -0.05) is 78.0 Å². The van der Waals surface area contributed by atoms with Crippen molar-refractivity contribution in [1.29, 1.82) is 0 Å². The van der Waals surface area contributed by atoms with E-state index in [1.807, 2.05) is 78.9 Å². The molecule has 7 heteroatoms. The molecule has 0 fully saturated rings. The van der Waals surface area contributed by atoms with E-state index >= 15 is 0 Å². The van der Waals surface area contributed by atoms with E-state index in [1.54, 1.807) is 12.1 Å². The van der Waals surface area contributed by atoms with Crippen LogP contribution in [0.3, 0.4) is 0 Å². The number of carbonyl (C=O) groups is 1. The Hall–Kier alpha value is -4.65. The third kappa shape index (κ3) is 8.50. The quantitative estimate of drug-likeness (QED) is 0.202. The minimum Gasteiger partial charge on any atom is -0.485 e. The lowest BCUT2D eigenvalue weighted by Crippen LogP contribution is -2.26. The highest BCUT2D eigenvalue weighted by Crippen LogP contribution is 2.29. The summed E-state index contributed by atoms with van der Waals surface area (Å²) in [4.78, 5) is 17.1. The van der Waals surface area contributed by atoms with Crippen molar-refractivity contribution >= 4 is 12.1 Å². The maximum atomic E-state index is 13.0. The number of nitrogens with zero attached hydrogens (tertiary/aromatic N) is 1. The molecule has 0 aliphatic heterocycles. The molecule has 0 heterocycles. The van der Waals surface area contributed by atoms with E-state index in [4.69, 9.17) is 14.3 Å². The molecule has 0 bridgehead atoms. The van der Waals surface area contributed by atoms with E-state index < -0.39 is 0 Å². The van der Waals surface area contributed by atoms with Crippen molar-refractivity contribution in [3.8, 4) is 11.5 Å². The van der Waals surface area contributed by atoms with Crippen molar-refractivity contribution < 1.29 is 23.5 Å². The number of hydrogen-bond donors (Lipinski definition) is 1. The summed E-state index contributed by atoms with van der Waals surface area (Å²) in [6, 6.07) is 31.1. The fourth-order valence-corrected chi connectivity index (χ4v) is 3.36. The molecule has 0 saturated heterocycles. The topological polar surface area (TPSA) is 69.2 Å². The van der Waals surface area contributed by atoms with Gasteiger partial charge in [-0.25, -0.2) is 4.39 Å². The third-order valence-corrected chi connectivity index (χ3v) is 5.32. The first-order chi connectivity index (χ1) is 18.2. The van der Waals surface area contributed by atoms with Gasteiger partial charge in [-0.15, -0.1) is 0 Å². The van der Waals surface area contributed by atoms with Gasteiger partial charge in [0.25, 0.3) is 5.91 Å². The number of rotatable bonds is 12. The molecule has 0 aliphatic carbocycles. The van der Waals surface area contributed by atoms with Crippen LogP contribution in [-0.4, -0.2) is 18.7 Å². The largest absolute Gasteiger partial charge is 0.485 e. The first-order valence-corrected chi connectivity index (χ1v) is 11.8. The molecule has 0 aliphatic rings. The SMILES string of the molecule is O=C(CON=Cc1ccc(OCc2ccccc2)c(OCc2ccccc2)c1)NCc1ccc(F)cc1. The number of benzene rings is 4. The van der Waals surface area contributed by atoms with E-state index in [9.17, 15) is 9.18 Å². The number of oxime groups is 1. The van der Waals surface area contributed by atoms with Crippen molar-refractivity contribution in [2.24, 2.45) is 5.16 Å². The Kier molecular flexibility index (Phi) is 9.24. The van der Waals surface area contributed by atoms with Gasteiger partial charge in [0.15, 0.2) is 18.1 Å². The number of hydrogen-bond acceptors (Lipinski definition) is 5. The van der Waals surface area contributed by atoms with Crippen molar-refractivity contribution in [2.45, 2.75) is 19.8 Å². The molecular weight excluding hydrogens is 471 g/mol. The van der Waals surface area contributed by atoms with Gasteiger partial charge in [0, 0.05) is 12.1 Å². The van der Waals surface area contributed by atoms with Crippen LogP contribution in [0.1, 0.15) is 22.3 Å². The Morgan fingerprint density at radius 3 is 2.03 bits per heavy atom. The van der Waals surface area contributed by atoms with E-state index in [0.717, 1.165) is 22.3 Å². The predicted molar refractivity (Wildman–Crippen MR) is 140 cm³/mol. The van der Waals surface area contributed by atoms with Gasteiger partial charge >= 0.3 is 0 Å². The minimum atomic E-state index is -0.335. The van der Waals surface area contributed by atoms with Gasteiger partial charge in [-0.05, 0) is 47.0 Å². The second kappa shape index (κ2) is 13.4. The molecule has 1 amide bonds. The zero-order valence-corrected chi connectivity index (χ0v) is 20.2. The summed E-state index contributed by atoms with van der Waals surface area (Å²) in [5.74, 6) is 0.522. The standard InChI is InChI=1S/C30H27FN2O4/c31-27-14-11-23(12-15-27)18-32-30(34)22-37-33-19-26-13-16-28(35-20-24-7-3-1-4-8-24)29(17-26)36-21-25-9-5-2-6-10-25/h1-17,19H,18,20-22H2,(H,32,34). The Morgan fingerprint density at radius 2 is 1.38 bits per heavy atom. The lowest BCUT2D eigenvalue weighted by molar-refractivity contribution is -0.125. The van der Waals surface area contributed by atoms with Gasteiger partial charge in [0.05, 0.1) is 6.21 Å². The normalized spacial score (nSPS) is 10.7. The molecule has 37 heavy (non-hydrogen) atoms. The Bertz CT molecular complexity index is 1300. The van der Waals surface area contributed by atoms with Gasteiger partial charge in [-0.3, -0.25) is 4.79 Å². The number of halogens is 1. The molecule has 0 unspecified atom stereocenters. The van der Waals surface area contributed by atoms with Crippen LogP contribution in [0, 0.1) is 5.82 Å². The van der Waals surface area contributed by atoms with Crippen LogP contribution in [0.5, 0.6) is 11.5 Å². The Morgan fingerprint density at radius 1 is 0.757 bits per heavy atom. The summed E-state index contributed by atoms with van der Waals surface area (Å²) in [6.07, 6.45) is 1.50. The summed E-state index contributed by atoms with van der Waals surface area (Å²) in [5.41, 5.74) is 3.59. The second-order valence-corrected chi connectivity index (χ2v) is 8.17. The van der Waals surface area contributed by atoms with Gasteiger partial charge < -0.3 is 19.6 Å². The molecule has 4 rings (SSSR count). The molecule has 4 aromatic carbocycles. The number of amides is 1. The fourth-order valence-electron chi connectivity index (χ4n) is 3.36. The molecule has 0 radical (unpaired) electrons. The molecule has 0 saturated carbocycles. The number of ether oxygens (including phenoxy) is 2. The van der Waals surface area contributed by atoms with Crippen molar-refractivity contribution in [1.82, 2.24) is 5.32 Å². The second-order valence-electron chi connectivity index (χ2n) is 8.17. The van der Waals surface area contributed by atoms with Gasteiger partial charge in [0.2, 0.25) is 0 Å². The fraction of sp³-hybridized carbons (Fsp3) is 0.133. The molecule has 1 N–H and O–H groups in total. The van der Waals surface area contributed by atoms with E-state index in [0.29, 0.717) is 24.7 Å². The summed E-state index contributed by atoms with van der Waals surface area (Å²) >= 11 is 0. The van der Waals surface area contributed by atoms with Crippen molar-refractivity contribution in [3.05, 3.63) is 131 Å². The molecular formula is C30H27FN2O4. The smallest absolute Gasteiger partial charge is 0.261 e. The third-order valence-electron chi connectivity index (χ3n) is 5.32. The summed E-state index contributed by atoms with van der Waals surface area (Å²) in [5, 5.41) is 6.60. The average molecular weight is 499 g/mol. The van der Waals surface area contributed by atoms with Gasteiger partial charge in [-0.2, -0.15) is 0 Å². The van der Waals surface area contributed by atoms with Crippen LogP contribution < -0.4 is 14.8 Å². The number of carbonyl (C=O) groups excluding carboxylic acids is 1. The first-order valence-electron chi connectivity index (χ1n) is 11.8. The van der Waals surface area contributed by atoms with E-state index in [1.165, 1.54) is 18.3 Å². The molecule has 0 atom stereocenters. The summed E-state index contributed by atoms with van der Waals surface area (Å²) in [7, 11) is 0. The predicted octanol–water partition coefficient (Wildman–Crippen LogP) is 5.65. The van der Waals surface area contributed by atoms with Crippen LogP contribution in [0.2, 0.25) is 0 Å². The summed E-state index contributed by atoms with van der Waals surface area (Å²) in [6.45, 7) is 0.825. The van der Waals surface area contributed by atoms with E-state index in [-0.39, 0.29) is 24.9 Å².